The van der Waals surface area contributed by atoms with Gasteiger partial charge in [0.05, 0.1) is 0 Å². The highest BCUT2D eigenvalue weighted by Gasteiger charge is 2.37. The molecular formula is C15H22N2. The Labute approximate surface area is 104 Å². The van der Waals surface area contributed by atoms with Gasteiger partial charge in [-0.15, -0.1) is 0 Å². The van der Waals surface area contributed by atoms with Crippen LogP contribution < -0.4 is 5.73 Å². The van der Waals surface area contributed by atoms with Gasteiger partial charge in [0.15, 0.2) is 0 Å². The maximum Gasteiger partial charge on any atom is 0.0136 e. The van der Waals surface area contributed by atoms with Crippen LogP contribution >= 0.6 is 0 Å². The summed E-state index contributed by atoms with van der Waals surface area (Å²) in [6.07, 6.45) is 4.02. The molecule has 0 aromatic heterocycles. The zero-order valence-electron chi connectivity index (χ0n) is 10.4. The van der Waals surface area contributed by atoms with Crippen LogP contribution in [0.4, 0.5) is 0 Å². The van der Waals surface area contributed by atoms with Crippen molar-refractivity contribution in [3.05, 3.63) is 35.9 Å². The Balaban J connectivity index is 1.62. The van der Waals surface area contributed by atoms with Crippen LogP contribution in [0, 0.1) is 5.92 Å². The van der Waals surface area contributed by atoms with E-state index in [-0.39, 0.29) is 0 Å². The standard InChI is InChI=1S/C15H22N2/c16-10-13-6-7-15(13)17-9-8-14(11-17)12-4-2-1-3-5-12/h1-5,13-15H,6-11,16H2. The van der Waals surface area contributed by atoms with Crippen LogP contribution in [0.2, 0.25) is 0 Å². The fraction of sp³-hybridized carbons (Fsp3) is 0.600. The minimum atomic E-state index is 0.746. The molecule has 2 nitrogen and oxygen atoms in total. The van der Waals surface area contributed by atoms with Gasteiger partial charge in [-0.3, -0.25) is 4.90 Å². The Morgan fingerprint density at radius 2 is 1.94 bits per heavy atom. The Morgan fingerprint density at radius 3 is 2.59 bits per heavy atom. The molecule has 3 atom stereocenters. The lowest BCUT2D eigenvalue weighted by molar-refractivity contribution is 0.0870. The van der Waals surface area contributed by atoms with E-state index in [1.165, 1.54) is 37.9 Å². The first-order valence-corrected chi connectivity index (χ1v) is 6.87. The van der Waals surface area contributed by atoms with Crippen LogP contribution in [0.3, 0.4) is 0 Å². The molecule has 0 bridgehead atoms. The minimum Gasteiger partial charge on any atom is -0.330 e. The number of rotatable bonds is 3. The number of hydrogen-bond donors (Lipinski definition) is 1. The van der Waals surface area contributed by atoms with Gasteiger partial charge >= 0.3 is 0 Å². The van der Waals surface area contributed by atoms with Crippen molar-refractivity contribution in [3.8, 4) is 0 Å². The van der Waals surface area contributed by atoms with Crippen molar-refractivity contribution in [3.63, 3.8) is 0 Å². The van der Waals surface area contributed by atoms with E-state index in [0.29, 0.717) is 0 Å². The van der Waals surface area contributed by atoms with Crippen LogP contribution in [0.15, 0.2) is 30.3 Å². The van der Waals surface area contributed by atoms with Crippen molar-refractivity contribution in [1.82, 2.24) is 4.90 Å². The summed E-state index contributed by atoms with van der Waals surface area (Å²) < 4.78 is 0. The summed E-state index contributed by atoms with van der Waals surface area (Å²) in [7, 11) is 0. The van der Waals surface area contributed by atoms with E-state index in [1.54, 1.807) is 0 Å². The maximum absolute atomic E-state index is 5.81. The average Bonchev–Trinajstić information content (AvgIpc) is 2.79. The first-order valence-electron chi connectivity index (χ1n) is 6.87. The third kappa shape index (κ3) is 2.12. The summed E-state index contributed by atoms with van der Waals surface area (Å²) in [6.45, 7) is 3.38. The molecule has 3 unspecified atom stereocenters. The van der Waals surface area contributed by atoms with E-state index < -0.39 is 0 Å². The summed E-state index contributed by atoms with van der Waals surface area (Å²) in [6, 6.07) is 11.7. The van der Waals surface area contributed by atoms with Crippen molar-refractivity contribution >= 4 is 0 Å². The lowest BCUT2D eigenvalue weighted by Crippen LogP contribution is -2.48. The maximum atomic E-state index is 5.81. The van der Waals surface area contributed by atoms with Crippen LogP contribution in [0.1, 0.15) is 30.7 Å². The number of likely N-dealkylation sites (tertiary alicyclic amines) is 1. The third-order valence-corrected chi connectivity index (χ3v) is 4.64. The van der Waals surface area contributed by atoms with Crippen molar-refractivity contribution in [2.45, 2.75) is 31.2 Å². The van der Waals surface area contributed by atoms with Gasteiger partial charge in [-0.05, 0) is 49.8 Å². The molecule has 1 saturated carbocycles. The molecule has 1 aliphatic heterocycles. The van der Waals surface area contributed by atoms with Gasteiger partial charge in [0.2, 0.25) is 0 Å². The van der Waals surface area contributed by atoms with E-state index >= 15 is 0 Å². The topological polar surface area (TPSA) is 29.3 Å². The second kappa shape index (κ2) is 4.79. The van der Waals surface area contributed by atoms with E-state index in [1.807, 2.05) is 0 Å². The molecule has 1 aliphatic carbocycles. The Hall–Kier alpha value is -0.860. The van der Waals surface area contributed by atoms with Crippen LogP contribution in [0.25, 0.3) is 0 Å². The van der Waals surface area contributed by atoms with Crippen LogP contribution in [0.5, 0.6) is 0 Å². The molecule has 92 valence electrons. The van der Waals surface area contributed by atoms with Crippen molar-refractivity contribution < 1.29 is 0 Å². The van der Waals surface area contributed by atoms with E-state index in [9.17, 15) is 0 Å². The summed E-state index contributed by atoms with van der Waals surface area (Å²) in [5.41, 5.74) is 7.32. The second-order valence-electron chi connectivity index (χ2n) is 5.53. The monoisotopic (exact) mass is 230 g/mol. The Kier molecular flexibility index (Phi) is 3.17. The predicted molar refractivity (Wildman–Crippen MR) is 70.9 cm³/mol. The van der Waals surface area contributed by atoms with Gasteiger partial charge < -0.3 is 5.73 Å². The summed E-state index contributed by atoms with van der Waals surface area (Å²) >= 11 is 0. The minimum absolute atomic E-state index is 0.746. The number of hydrogen-bond acceptors (Lipinski definition) is 2. The van der Waals surface area contributed by atoms with Gasteiger partial charge in [0.25, 0.3) is 0 Å². The molecule has 1 aromatic carbocycles. The van der Waals surface area contributed by atoms with Gasteiger partial charge in [0.1, 0.15) is 0 Å². The first-order chi connectivity index (χ1) is 8.38. The largest absolute Gasteiger partial charge is 0.330 e. The third-order valence-electron chi connectivity index (χ3n) is 4.64. The van der Waals surface area contributed by atoms with E-state index in [4.69, 9.17) is 5.73 Å². The van der Waals surface area contributed by atoms with Crippen molar-refractivity contribution in [2.24, 2.45) is 11.7 Å². The molecule has 3 rings (SSSR count). The molecule has 0 radical (unpaired) electrons. The van der Waals surface area contributed by atoms with Crippen LogP contribution in [-0.2, 0) is 0 Å². The van der Waals surface area contributed by atoms with Crippen molar-refractivity contribution in [2.75, 3.05) is 19.6 Å². The fourth-order valence-electron chi connectivity index (χ4n) is 3.39. The second-order valence-corrected chi connectivity index (χ2v) is 5.53. The van der Waals surface area contributed by atoms with E-state index in [0.717, 1.165) is 24.4 Å². The van der Waals surface area contributed by atoms with E-state index in [2.05, 4.69) is 35.2 Å². The molecule has 2 heteroatoms. The average molecular weight is 230 g/mol. The fourth-order valence-corrected chi connectivity index (χ4v) is 3.39. The number of nitrogens with zero attached hydrogens (tertiary/aromatic N) is 1. The highest BCUT2D eigenvalue weighted by Crippen LogP contribution is 2.37. The van der Waals surface area contributed by atoms with Gasteiger partial charge in [0, 0.05) is 12.6 Å². The molecule has 2 aliphatic rings. The van der Waals surface area contributed by atoms with Gasteiger partial charge in [-0.1, -0.05) is 30.3 Å². The molecule has 0 spiro atoms. The lowest BCUT2D eigenvalue weighted by Gasteiger charge is -2.42. The summed E-state index contributed by atoms with van der Waals surface area (Å²) in [5.74, 6) is 1.51. The molecule has 0 amide bonds. The molecular weight excluding hydrogens is 208 g/mol. The number of nitrogens with two attached hydrogens (primary N) is 1. The Bertz CT molecular complexity index is 360. The Morgan fingerprint density at radius 1 is 1.12 bits per heavy atom. The molecule has 2 N–H and O–H groups in total. The van der Waals surface area contributed by atoms with Crippen molar-refractivity contribution in [1.29, 1.82) is 0 Å². The zero-order valence-corrected chi connectivity index (χ0v) is 10.4. The lowest BCUT2D eigenvalue weighted by atomic mass is 9.78. The smallest absolute Gasteiger partial charge is 0.0136 e. The molecule has 1 heterocycles. The van der Waals surface area contributed by atoms with Gasteiger partial charge in [-0.25, -0.2) is 0 Å². The highest BCUT2D eigenvalue weighted by molar-refractivity contribution is 5.21. The SMILES string of the molecule is NCC1CCC1N1CCC(c2ccccc2)C1. The highest BCUT2D eigenvalue weighted by atomic mass is 15.2. The first kappa shape index (κ1) is 11.2. The molecule has 1 saturated heterocycles. The normalized spacial score (nSPS) is 33.6. The molecule has 1 aromatic rings. The van der Waals surface area contributed by atoms with Gasteiger partial charge in [-0.2, -0.15) is 0 Å². The van der Waals surface area contributed by atoms with Crippen LogP contribution in [-0.4, -0.2) is 30.6 Å². The predicted octanol–water partition coefficient (Wildman–Crippen LogP) is 2.21. The number of benzene rings is 1. The summed E-state index contributed by atoms with van der Waals surface area (Å²) in [5, 5.41) is 0. The quantitative estimate of drug-likeness (QED) is 0.862. The molecule has 17 heavy (non-hydrogen) atoms. The molecule has 2 fully saturated rings. The summed E-state index contributed by atoms with van der Waals surface area (Å²) in [4.78, 5) is 2.68. The zero-order chi connectivity index (χ0) is 11.7.